The van der Waals surface area contributed by atoms with E-state index in [1.807, 2.05) is 19.1 Å². The fourth-order valence-electron chi connectivity index (χ4n) is 4.09. The number of benzene rings is 1. The van der Waals surface area contributed by atoms with Crippen LogP contribution in [0.15, 0.2) is 24.3 Å². The Balaban J connectivity index is 1.30. The van der Waals surface area contributed by atoms with Gasteiger partial charge in [-0.1, -0.05) is 12.1 Å². The van der Waals surface area contributed by atoms with Gasteiger partial charge in [0.1, 0.15) is 0 Å². The van der Waals surface area contributed by atoms with Crippen LogP contribution in [0.3, 0.4) is 0 Å². The van der Waals surface area contributed by atoms with Gasteiger partial charge in [-0.2, -0.15) is 0 Å². The van der Waals surface area contributed by atoms with E-state index in [0.717, 1.165) is 31.4 Å². The van der Waals surface area contributed by atoms with Gasteiger partial charge in [-0.15, -0.1) is 11.3 Å². The molecule has 27 heavy (non-hydrogen) atoms. The Morgan fingerprint density at radius 3 is 2.74 bits per heavy atom. The first-order valence-corrected chi connectivity index (χ1v) is 12.0. The molecule has 6 nitrogen and oxygen atoms in total. The predicted octanol–water partition coefficient (Wildman–Crippen LogP) is 2.17. The lowest BCUT2D eigenvalue weighted by Gasteiger charge is -2.32. The van der Waals surface area contributed by atoms with E-state index in [1.165, 1.54) is 9.71 Å². The van der Waals surface area contributed by atoms with Crippen molar-refractivity contribution in [2.45, 2.75) is 37.6 Å². The molecular formula is C19H25N3O3S2. The zero-order chi connectivity index (χ0) is 19.1. The van der Waals surface area contributed by atoms with Crippen molar-refractivity contribution in [2.24, 2.45) is 0 Å². The van der Waals surface area contributed by atoms with Crippen molar-refractivity contribution < 1.29 is 13.2 Å². The summed E-state index contributed by atoms with van der Waals surface area (Å²) >= 11 is 1.77. The van der Waals surface area contributed by atoms with Crippen LogP contribution in [0.5, 0.6) is 0 Å². The molecule has 2 aliphatic heterocycles. The maximum absolute atomic E-state index is 12.4. The summed E-state index contributed by atoms with van der Waals surface area (Å²) in [5.41, 5.74) is 0.453. The number of para-hydroxylation sites is 1. The van der Waals surface area contributed by atoms with Crippen LogP contribution in [0.25, 0.3) is 10.2 Å². The molecule has 0 unspecified atom stereocenters. The highest BCUT2D eigenvalue weighted by atomic mass is 32.2. The number of piperidine rings is 1. The SMILES string of the molecule is C[C@@]1(NC(=O)CN2CCC(c3nc4ccccc4s3)CC2)CCS(=O)(=O)C1. The van der Waals surface area contributed by atoms with Crippen molar-refractivity contribution in [1.29, 1.82) is 0 Å². The van der Waals surface area contributed by atoms with E-state index >= 15 is 0 Å². The number of fused-ring (bicyclic) bond motifs is 1. The number of hydrogen-bond donors (Lipinski definition) is 1. The minimum Gasteiger partial charge on any atom is -0.349 e. The van der Waals surface area contributed by atoms with Gasteiger partial charge >= 0.3 is 0 Å². The van der Waals surface area contributed by atoms with E-state index in [2.05, 4.69) is 22.3 Å². The average Bonchev–Trinajstić information content (AvgIpc) is 3.15. The molecule has 146 valence electrons. The zero-order valence-corrected chi connectivity index (χ0v) is 17.1. The van der Waals surface area contributed by atoms with Gasteiger partial charge in [0.25, 0.3) is 0 Å². The third-order valence-electron chi connectivity index (χ3n) is 5.56. The van der Waals surface area contributed by atoms with E-state index in [0.29, 0.717) is 18.9 Å². The van der Waals surface area contributed by atoms with Crippen LogP contribution in [-0.2, 0) is 14.6 Å². The normalized spacial score (nSPS) is 26.4. The standard InChI is InChI=1S/C19H25N3O3S2/c1-19(8-11-27(24,25)13-19)21-17(23)12-22-9-6-14(7-10-22)18-20-15-4-2-3-5-16(15)26-18/h2-5,14H,6-13H2,1H3,(H,21,23)/t19-/m1/s1. The maximum atomic E-state index is 12.4. The Kier molecular flexibility index (Phi) is 4.98. The highest BCUT2D eigenvalue weighted by molar-refractivity contribution is 7.91. The molecule has 0 saturated carbocycles. The highest BCUT2D eigenvalue weighted by Crippen LogP contribution is 2.33. The van der Waals surface area contributed by atoms with Crippen LogP contribution in [0.1, 0.15) is 37.1 Å². The molecule has 1 aromatic carbocycles. The molecular weight excluding hydrogens is 382 g/mol. The molecule has 1 aromatic heterocycles. The average molecular weight is 408 g/mol. The van der Waals surface area contributed by atoms with Gasteiger partial charge in [0, 0.05) is 5.92 Å². The lowest BCUT2D eigenvalue weighted by molar-refractivity contribution is -0.124. The number of thiazole rings is 1. The van der Waals surface area contributed by atoms with E-state index < -0.39 is 15.4 Å². The minimum atomic E-state index is -3.02. The molecule has 1 atom stereocenters. The second kappa shape index (κ2) is 7.14. The van der Waals surface area contributed by atoms with Crippen LogP contribution >= 0.6 is 11.3 Å². The number of sulfone groups is 1. The number of carbonyl (C=O) groups excluding carboxylic acids is 1. The summed E-state index contributed by atoms with van der Waals surface area (Å²) in [6.45, 7) is 3.89. The van der Waals surface area contributed by atoms with E-state index in [1.54, 1.807) is 11.3 Å². The fraction of sp³-hybridized carbons (Fsp3) is 0.579. The Hall–Kier alpha value is -1.51. The van der Waals surface area contributed by atoms with Crippen LogP contribution in [0.2, 0.25) is 0 Å². The van der Waals surface area contributed by atoms with Crippen LogP contribution in [0.4, 0.5) is 0 Å². The number of aromatic nitrogens is 1. The summed E-state index contributed by atoms with van der Waals surface area (Å²) in [7, 11) is -3.02. The van der Waals surface area contributed by atoms with Gasteiger partial charge in [0.05, 0.1) is 38.8 Å². The van der Waals surface area contributed by atoms with E-state index in [4.69, 9.17) is 4.98 Å². The minimum absolute atomic E-state index is 0.0470. The number of nitrogens with one attached hydrogen (secondary N) is 1. The maximum Gasteiger partial charge on any atom is 0.234 e. The first-order chi connectivity index (χ1) is 12.8. The number of hydrogen-bond acceptors (Lipinski definition) is 6. The number of carbonyl (C=O) groups is 1. The molecule has 0 aliphatic carbocycles. The molecule has 8 heteroatoms. The van der Waals surface area contributed by atoms with Gasteiger partial charge in [-0.25, -0.2) is 13.4 Å². The monoisotopic (exact) mass is 407 g/mol. The number of rotatable bonds is 4. The third-order valence-corrected chi connectivity index (χ3v) is 8.66. The third kappa shape index (κ3) is 4.33. The number of amides is 1. The number of nitrogens with zero attached hydrogens (tertiary/aromatic N) is 2. The van der Waals surface area contributed by atoms with Crippen molar-refractivity contribution in [3.05, 3.63) is 29.3 Å². The largest absolute Gasteiger partial charge is 0.349 e. The molecule has 1 amide bonds. The molecule has 2 aromatic rings. The van der Waals surface area contributed by atoms with Crippen LogP contribution in [0, 0.1) is 0 Å². The summed E-state index contributed by atoms with van der Waals surface area (Å²) in [5.74, 6) is 0.593. The van der Waals surface area contributed by atoms with Crippen molar-refractivity contribution in [3.63, 3.8) is 0 Å². The zero-order valence-electron chi connectivity index (χ0n) is 15.5. The molecule has 0 bridgehead atoms. The lowest BCUT2D eigenvalue weighted by atomic mass is 9.97. The smallest absolute Gasteiger partial charge is 0.234 e. The molecule has 1 N–H and O–H groups in total. The lowest BCUT2D eigenvalue weighted by Crippen LogP contribution is -2.51. The predicted molar refractivity (Wildman–Crippen MR) is 108 cm³/mol. The van der Waals surface area contributed by atoms with E-state index in [9.17, 15) is 13.2 Å². The summed E-state index contributed by atoms with van der Waals surface area (Å²) in [6.07, 6.45) is 2.50. The van der Waals surface area contributed by atoms with Gasteiger partial charge < -0.3 is 5.32 Å². The molecule has 0 spiro atoms. The van der Waals surface area contributed by atoms with Gasteiger partial charge in [0.2, 0.25) is 5.91 Å². The number of likely N-dealkylation sites (tertiary alicyclic amines) is 1. The molecule has 0 radical (unpaired) electrons. The van der Waals surface area contributed by atoms with Crippen molar-refractivity contribution >= 4 is 37.3 Å². The van der Waals surface area contributed by atoms with Gasteiger partial charge in [0.15, 0.2) is 9.84 Å². The summed E-state index contributed by atoms with van der Waals surface area (Å²) in [5, 5.41) is 4.15. The Bertz CT molecular complexity index is 915. The Morgan fingerprint density at radius 2 is 2.07 bits per heavy atom. The van der Waals surface area contributed by atoms with Crippen molar-refractivity contribution in [1.82, 2.24) is 15.2 Å². The molecule has 2 fully saturated rings. The van der Waals surface area contributed by atoms with E-state index in [-0.39, 0.29) is 17.4 Å². The highest BCUT2D eigenvalue weighted by Gasteiger charge is 2.39. The van der Waals surface area contributed by atoms with Crippen LogP contribution in [-0.4, -0.2) is 60.9 Å². The molecule has 4 rings (SSSR count). The van der Waals surface area contributed by atoms with Gasteiger partial charge in [-0.3, -0.25) is 9.69 Å². The second-order valence-electron chi connectivity index (χ2n) is 8.02. The van der Waals surface area contributed by atoms with Crippen molar-refractivity contribution in [3.8, 4) is 0 Å². The topological polar surface area (TPSA) is 79.4 Å². The quantitative estimate of drug-likeness (QED) is 0.840. The van der Waals surface area contributed by atoms with Crippen LogP contribution < -0.4 is 5.32 Å². The summed E-state index contributed by atoms with van der Waals surface area (Å²) in [4.78, 5) is 19.3. The molecule has 3 heterocycles. The fourth-order valence-corrected chi connectivity index (χ4v) is 7.32. The molecule has 2 aliphatic rings. The Labute approximate surface area is 163 Å². The summed E-state index contributed by atoms with van der Waals surface area (Å²) in [6, 6.07) is 8.23. The molecule has 2 saturated heterocycles. The summed E-state index contributed by atoms with van der Waals surface area (Å²) < 4.78 is 24.6. The van der Waals surface area contributed by atoms with Crippen molar-refractivity contribution in [2.75, 3.05) is 31.1 Å². The Morgan fingerprint density at radius 1 is 1.33 bits per heavy atom. The first-order valence-electron chi connectivity index (χ1n) is 9.41. The van der Waals surface area contributed by atoms with Gasteiger partial charge in [-0.05, 0) is 51.4 Å². The second-order valence-corrected chi connectivity index (χ2v) is 11.3. The first kappa shape index (κ1) is 18.8.